The number of anilines is 2. The zero-order valence-corrected chi connectivity index (χ0v) is 12.7. The summed E-state index contributed by atoms with van der Waals surface area (Å²) in [5, 5.41) is 5.27. The molecule has 0 aliphatic rings. The van der Waals surface area contributed by atoms with E-state index in [1.807, 2.05) is 0 Å². The molecule has 3 aromatic rings. The van der Waals surface area contributed by atoms with Crippen LogP contribution < -0.4 is 15.4 Å². The maximum atomic E-state index is 13.6. The Hall–Kier alpha value is -2.74. The van der Waals surface area contributed by atoms with Crippen molar-refractivity contribution in [2.75, 3.05) is 17.7 Å². The molecule has 8 heteroatoms. The minimum absolute atomic E-state index is 0.0214. The Labute approximate surface area is 133 Å². The second-order valence-electron chi connectivity index (χ2n) is 4.56. The van der Waals surface area contributed by atoms with Gasteiger partial charge in [-0.05, 0) is 18.2 Å². The number of urea groups is 1. The molecule has 1 aromatic heterocycles. The summed E-state index contributed by atoms with van der Waals surface area (Å²) in [6.45, 7) is 0. The first-order chi connectivity index (χ1) is 11.0. The average Bonchev–Trinajstić information content (AvgIpc) is 2.89. The number of thiazole rings is 1. The lowest BCUT2D eigenvalue weighted by Gasteiger charge is -2.06. The van der Waals surface area contributed by atoms with Crippen LogP contribution in [0.4, 0.5) is 24.4 Å². The number of fused-ring (bicyclic) bond motifs is 1. The number of nitrogens with one attached hydrogen (secondary N) is 2. The Morgan fingerprint density at radius 2 is 2.04 bits per heavy atom. The Morgan fingerprint density at radius 1 is 1.22 bits per heavy atom. The lowest BCUT2D eigenvalue weighted by molar-refractivity contribution is 0.262. The molecule has 0 bridgehead atoms. The lowest BCUT2D eigenvalue weighted by Crippen LogP contribution is -2.19. The van der Waals surface area contributed by atoms with Gasteiger partial charge in [0, 0.05) is 17.8 Å². The standard InChI is InChI=1S/C15H11F2N3O2S/c1-22-10-4-2-3-9(7-10)18-14(21)20-15-19-13-11(17)5-8(16)6-12(13)23-15/h2-7H,1H3,(H2,18,19,20,21). The third-order valence-corrected chi connectivity index (χ3v) is 3.88. The molecule has 1 heterocycles. The normalized spacial score (nSPS) is 10.6. The Morgan fingerprint density at radius 3 is 2.83 bits per heavy atom. The van der Waals surface area contributed by atoms with Crippen molar-refractivity contribution in [2.45, 2.75) is 0 Å². The van der Waals surface area contributed by atoms with Crippen molar-refractivity contribution in [1.82, 2.24) is 4.98 Å². The van der Waals surface area contributed by atoms with E-state index >= 15 is 0 Å². The topological polar surface area (TPSA) is 63.2 Å². The fourth-order valence-corrected chi connectivity index (χ4v) is 2.87. The third-order valence-electron chi connectivity index (χ3n) is 2.96. The first-order valence-electron chi connectivity index (χ1n) is 6.53. The number of carbonyl (C=O) groups excluding carboxylic acids is 1. The molecule has 2 N–H and O–H groups in total. The summed E-state index contributed by atoms with van der Waals surface area (Å²) in [6, 6.07) is 8.18. The molecule has 3 rings (SSSR count). The predicted octanol–water partition coefficient (Wildman–Crippen LogP) is 4.23. The van der Waals surface area contributed by atoms with Crippen LogP contribution in [-0.4, -0.2) is 18.1 Å². The summed E-state index contributed by atoms with van der Waals surface area (Å²) in [4.78, 5) is 15.9. The molecule has 0 radical (unpaired) electrons. The van der Waals surface area contributed by atoms with Gasteiger partial charge in [-0.15, -0.1) is 0 Å². The molecule has 0 saturated heterocycles. The zero-order chi connectivity index (χ0) is 16.4. The largest absolute Gasteiger partial charge is 0.497 e. The monoisotopic (exact) mass is 335 g/mol. The number of benzene rings is 2. The summed E-state index contributed by atoms with van der Waals surface area (Å²) in [5.41, 5.74) is 0.549. The average molecular weight is 335 g/mol. The lowest BCUT2D eigenvalue weighted by atomic mass is 10.3. The molecule has 2 aromatic carbocycles. The molecular weight excluding hydrogens is 324 g/mol. The number of hydrogen-bond acceptors (Lipinski definition) is 4. The summed E-state index contributed by atoms with van der Waals surface area (Å²) in [6.07, 6.45) is 0. The summed E-state index contributed by atoms with van der Waals surface area (Å²) >= 11 is 0.984. The number of aromatic nitrogens is 1. The number of nitrogens with zero attached hydrogens (tertiary/aromatic N) is 1. The van der Waals surface area contributed by atoms with E-state index in [-0.39, 0.29) is 10.6 Å². The van der Waals surface area contributed by atoms with Crippen LogP contribution in [0.25, 0.3) is 10.2 Å². The first kappa shape index (κ1) is 15.2. The molecule has 0 aliphatic carbocycles. The van der Waals surface area contributed by atoms with E-state index in [1.165, 1.54) is 13.2 Å². The summed E-state index contributed by atoms with van der Waals surface area (Å²) < 4.78 is 32.1. The number of carbonyl (C=O) groups is 1. The van der Waals surface area contributed by atoms with Crippen LogP contribution in [0.2, 0.25) is 0 Å². The minimum Gasteiger partial charge on any atom is -0.497 e. The smallest absolute Gasteiger partial charge is 0.325 e. The zero-order valence-electron chi connectivity index (χ0n) is 11.9. The van der Waals surface area contributed by atoms with E-state index in [9.17, 15) is 13.6 Å². The molecule has 5 nitrogen and oxygen atoms in total. The summed E-state index contributed by atoms with van der Waals surface area (Å²) in [7, 11) is 1.52. The second kappa shape index (κ2) is 6.17. The van der Waals surface area contributed by atoms with Gasteiger partial charge in [0.15, 0.2) is 10.9 Å². The van der Waals surface area contributed by atoms with Gasteiger partial charge >= 0.3 is 6.03 Å². The van der Waals surface area contributed by atoms with Gasteiger partial charge in [0.1, 0.15) is 17.1 Å². The fourth-order valence-electron chi connectivity index (χ4n) is 1.97. The van der Waals surface area contributed by atoms with Crippen LogP contribution in [0.5, 0.6) is 5.75 Å². The van der Waals surface area contributed by atoms with E-state index < -0.39 is 17.7 Å². The molecule has 23 heavy (non-hydrogen) atoms. The number of methoxy groups -OCH3 is 1. The molecular formula is C15H11F2N3O2S. The highest BCUT2D eigenvalue weighted by Gasteiger charge is 2.12. The van der Waals surface area contributed by atoms with Crippen molar-refractivity contribution in [3.05, 3.63) is 48.0 Å². The Balaban J connectivity index is 1.76. The third kappa shape index (κ3) is 3.37. The van der Waals surface area contributed by atoms with E-state index in [2.05, 4.69) is 15.6 Å². The van der Waals surface area contributed by atoms with Gasteiger partial charge in [-0.25, -0.2) is 18.6 Å². The number of amides is 2. The molecule has 0 spiro atoms. The Kier molecular flexibility index (Phi) is 4.07. The molecule has 0 fully saturated rings. The molecule has 0 saturated carbocycles. The van der Waals surface area contributed by atoms with E-state index in [0.29, 0.717) is 16.1 Å². The van der Waals surface area contributed by atoms with Gasteiger partial charge < -0.3 is 10.1 Å². The Bertz CT molecular complexity index is 882. The van der Waals surface area contributed by atoms with Crippen molar-refractivity contribution in [3.63, 3.8) is 0 Å². The van der Waals surface area contributed by atoms with E-state index in [0.717, 1.165) is 17.4 Å². The van der Waals surface area contributed by atoms with Crippen LogP contribution in [0, 0.1) is 11.6 Å². The van der Waals surface area contributed by atoms with Crippen LogP contribution in [0.1, 0.15) is 0 Å². The highest BCUT2D eigenvalue weighted by molar-refractivity contribution is 7.22. The van der Waals surface area contributed by atoms with Crippen molar-refractivity contribution in [3.8, 4) is 5.75 Å². The quantitative estimate of drug-likeness (QED) is 0.753. The number of hydrogen-bond donors (Lipinski definition) is 2. The van der Waals surface area contributed by atoms with Crippen LogP contribution in [0.15, 0.2) is 36.4 Å². The van der Waals surface area contributed by atoms with Crippen molar-refractivity contribution in [1.29, 1.82) is 0 Å². The summed E-state index contributed by atoms with van der Waals surface area (Å²) in [5.74, 6) is -0.858. The van der Waals surface area contributed by atoms with E-state index in [4.69, 9.17) is 4.74 Å². The number of halogens is 2. The van der Waals surface area contributed by atoms with Gasteiger partial charge in [-0.2, -0.15) is 0 Å². The van der Waals surface area contributed by atoms with Crippen LogP contribution in [0.3, 0.4) is 0 Å². The van der Waals surface area contributed by atoms with Crippen LogP contribution in [-0.2, 0) is 0 Å². The van der Waals surface area contributed by atoms with Gasteiger partial charge in [-0.1, -0.05) is 17.4 Å². The number of ether oxygens (including phenoxy) is 1. The molecule has 118 valence electrons. The van der Waals surface area contributed by atoms with Gasteiger partial charge in [-0.3, -0.25) is 5.32 Å². The van der Waals surface area contributed by atoms with Crippen molar-refractivity contribution in [2.24, 2.45) is 0 Å². The van der Waals surface area contributed by atoms with Gasteiger partial charge in [0.2, 0.25) is 0 Å². The maximum absolute atomic E-state index is 13.6. The predicted molar refractivity (Wildman–Crippen MR) is 85.2 cm³/mol. The molecule has 0 aliphatic heterocycles. The fraction of sp³-hybridized carbons (Fsp3) is 0.0667. The molecule has 0 atom stereocenters. The molecule has 2 amide bonds. The number of rotatable bonds is 3. The van der Waals surface area contributed by atoms with Crippen LogP contribution >= 0.6 is 11.3 Å². The minimum atomic E-state index is -0.766. The van der Waals surface area contributed by atoms with Crippen molar-refractivity contribution < 1.29 is 18.3 Å². The highest BCUT2D eigenvalue weighted by Crippen LogP contribution is 2.28. The molecule has 0 unspecified atom stereocenters. The van der Waals surface area contributed by atoms with Gasteiger partial charge in [0.25, 0.3) is 0 Å². The van der Waals surface area contributed by atoms with Crippen molar-refractivity contribution >= 4 is 38.4 Å². The van der Waals surface area contributed by atoms with Gasteiger partial charge in [0.05, 0.1) is 11.8 Å². The SMILES string of the molecule is COc1cccc(NC(=O)Nc2nc3c(F)cc(F)cc3s2)c1. The second-order valence-corrected chi connectivity index (χ2v) is 5.60. The van der Waals surface area contributed by atoms with E-state index in [1.54, 1.807) is 24.3 Å². The maximum Gasteiger partial charge on any atom is 0.325 e. The highest BCUT2D eigenvalue weighted by atomic mass is 32.1. The first-order valence-corrected chi connectivity index (χ1v) is 7.34.